The molecule has 0 amide bonds. The number of rotatable bonds is 2. The average Bonchev–Trinajstić information content (AvgIpc) is 2.55. The molecule has 2 heterocycles. The summed E-state index contributed by atoms with van der Waals surface area (Å²) >= 11 is 0. The summed E-state index contributed by atoms with van der Waals surface area (Å²) in [6.07, 6.45) is 0. The summed E-state index contributed by atoms with van der Waals surface area (Å²) in [4.78, 5) is 0. The quantitative estimate of drug-likeness (QED) is 0.784. The molecule has 0 radical (unpaired) electrons. The maximum Gasteiger partial charge on any atom is 0.495 e. The van der Waals surface area contributed by atoms with E-state index in [1.807, 2.05) is 52.8 Å². The van der Waals surface area contributed by atoms with E-state index in [-0.39, 0.29) is 24.4 Å². The number of halogens is 1. The standard InChI is InChI=1S/C16H22BFO3/c1-11-8-12(16(18)9-19-10-16)6-7-13(11)17-20-14(2,3)15(4,5)21-17/h6-8H,9-10H2,1-5H3. The molecule has 21 heavy (non-hydrogen) atoms. The monoisotopic (exact) mass is 292 g/mol. The lowest BCUT2D eigenvalue weighted by Gasteiger charge is -2.34. The number of hydrogen-bond acceptors (Lipinski definition) is 3. The van der Waals surface area contributed by atoms with Gasteiger partial charge in [-0.3, -0.25) is 0 Å². The van der Waals surface area contributed by atoms with Crippen LogP contribution in [-0.2, 0) is 19.7 Å². The third-order valence-electron chi connectivity index (χ3n) is 4.96. The molecule has 2 saturated heterocycles. The maximum absolute atomic E-state index is 14.4. The van der Waals surface area contributed by atoms with Gasteiger partial charge in [0.2, 0.25) is 0 Å². The first-order valence-electron chi connectivity index (χ1n) is 7.38. The highest BCUT2D eigenvalue weighted by Gasteiger charge is 2.52. The van der Waals surface area contributed by atoms with Gasteiger partial charge in [-0.2, -0.15) is 0 Å². The Labute approximate surface area is 125 Å². The van der Waals surface area contributed by atoms with Gasteiger partial charge >= 0.3 is 7.12 Å². The van der Waals surface area contributed by atoms with Crippen LogP contribution in [0.25, 0.3) is 0 Å². The predicted octanol–water partition coefficient (Wildman–Crippen LogP) is 2.49. The van der Waals surface area contributed by atoms with E-state index < -0.39 is 12.8 Å². The number of benzene rings is 1. The Morgan fingerprint density at radius 2 is 1.62 bits per heavy atom. The Balaban J connectivity index is 1.88. The first kappa shape index (κ1) is 15.0. The normalized spacial score (nSPS) is 25.7. The number of aryl methyl sites for hydroxylation is 1. The summed E-state index contributed by atoms with van der Waals surface area (Å²) in [5.41, 5.74) is 0.541. The Kier molecular flexibility index (Phi) is 3.25. The molecule has 2 aliphatic heterocycles. The number of alkyl halides is 1. The van der Waals surface area contributed by atoms with E-state index in [0.29, 0.717) is 5.56 Å². The first-order chi connectivity index (χ1) is 9.65. The van der Waals surface area contributed by atoms with Crippen molar-refractivity contribution in [1.82, 2.24) is 0 Å². The van der Waals surface area contributed by atoms with Crippen LogP contribution in [0.4, 0.5) is 4.39 Å². The molecule has 2 aliphatic rings. The van der Waals surface area contributed by atoms with Gasteiger partial charge in [0.05, 0.1) is 24.4 Å². The van der Waals surface area contributed by atoms with Crippen molar-refractivity contribution in [3.05, 3.63) is 29.3 Å². The summed E-state index contributed by atoms with van der Waals surface area (Å²) in [5.74, 6) is 0. The van der Waals surface area contributed by atoms with E-state index in [1.54, 1.807) is 0 Å². The third kappa shape index (κ3) is 2.32. The van der Waals surface area contributed by atoms with Gasteiger partial charge < -0.3 is 14.0 Å². The molecule has 0 atom stereocenters. The summed E-state index contributed by atoms with van der Waals surface area (Å²) in [7, 11) is -0.405. The van der Waals surface area contributed by atoms with Crippen molar-refractivity contribution in [3.8, 4) is 0 Å². The van der Waals surface area contributed by atoms with Crippen LogP contribution in [-0.4, -0.2) is 31.5 Å². The van der Waals surface area contributed by atoms with Crippen molar-refractivity contribution in [2.45, 2.75) is 51.5 Å². The lowest BCUT2D eigenvalue weighted by molar-refractivity contribution is -0.135. The van der Waals surface area contributed by atoms with Gasteiger partial charge in [-0.05, 0) is 45.6 Å². The van der Waals surface area contributed by atoms with Crippen molar-refractivity contribution < 1.29 is 18.4 Å². The Morgan fingerprint density at radius 1 is 1.05 bits per heavy atom. The van der Waals surface area contributed by atoms with Gasteiger partial charge in [-0.15, -0.1) is 0 Å². The first-order valence-corrected chi connectivity index (χ1v) is 7.38. The molecule has 0 bridgehead atoms. The maximum atomic E-state index is 14.4. The second-order valence-corrected chi connectivity index (χ2v) is 7.12. The van der Waals surface area contributed by atoms with Gasteiger partial charge in [0, 0.05) is 0 Å². The second kappa shape index (κ2) is 4.54. The van der Waals surface area contributed by atoms with Crippen LogP contribution in [0.3, 0.4) is 0 Å². The van der Waals surface area contributed by atoms with Crippen LogP contribution in [0.1, 0.15) is 38.8 Å². The lowest BCUT2D eigenvalue weighted by atomic mass is 9.75. The van der Waals surface area contributed by atoms with Gasteiger partial charge in [-0.1, -0.05) is 23.8 Å². The van der Waals surface area contributed by atoms with Crippen LogP contribution >= 0.6 is 0 Å². The van der Waals surface area contributed by atoms with E-state index in [1.165, 1.54) is 0 Å². The molecule has 0 saturated carbocycles. The van der Waals surface area contributed by atoms with Gasteiger partial charge in [0.1, 0.15) is 0 Å². The minimum atomic E-state index is -1.33. The van der Waals surface area contributed by atoms with Crippen molar-refractivity contribution in [3.63, 3.8) is 0 Å². The van der Waals surface area contributed by atoms with E-state index >= 15 is 0 Å². The highest BCUT2D eigenvalue weighted by atomic mass is 19.1. The second-order valence-electron chi connectivity index (χ2n) is 7.12. The van der Waals surface area contributed by atoms with Crippen molar-refractivity contribution in [2.75, 3.05) is 13.2 Å². The minimum Gasteiger partial charge on any atom is -0.399 e. The number of hydrogen-bond donors (Lipinski definition) is 0. The van der Waals surface area contributed by atoms with Crippen LogP contribution in [0.15, 0.2) is 18.2 Å². The fraction of sp³-hybridized carbons (Fsp3) is 0.625. The van der Waals surface area contributed by atoms with Gasteiger partial charge in [0.15, 0.2) is 5.67 Å². The summed E-state index contributed by atoms with van der Waals surface area (Å²) in [6.45, 7) is 10.4. The Morgan fingerprint density at radius 3 is 2.05 bits per heavy atom. The predicted molar refractivity (Wildman–Crippen MR) is 80.5 cm³/mol. The molecular formula is C16H22BFO3. The van der Waals surface area contributed by atoms with Gasteiger partial charge in [-0.25, -0.2) is 4.39 Å². The highest BCUT2D eigenvalue weighted by molar-refractivity contribution is 6.62. The molecule has 1 aromatic rings. The van der Waals surface area contributed by atoms with E-state index in [2.05, 4.69) is 0 Å². The Hall–Kier alpha value is -0.905. The lowest BCUT2D eigenvalue weighted by Crippen LogP contribution is -2.43. The largest absolute Gasteiger partial charge is 0.495 e. The average molecular weight is 292 g/mol. The fourth-order valence-electron chi connectivity index (χ4n) is 2.64. The molecule has 0 unspecified atom stereocenters. The zero-order valence-electron chi connectivity index (χ0n) is 13.3. The topological polar surface area (TPSA) is 27.7 Å². The summed E-state index contributed by atoms with van der Waals surface area (Å²) in [6, 6.07) is 5.60. The molecule has 0 N–H and O–H groups in total. The van der Waals surface area contributed by atoms with Crippen LogP contribution in [0, 0.1) is 6.92 Å². The van der Waals surface area contributed by atoms with E-state index in [9.17, 15) is 4.39 Å². The molecule has 2 fully saturated rings. The summed E-state index contributed by atoms with van der Waals surface area (Å²) in [5, 5.41) is 0. The molecule has 114 valence electrons. The third-order valence-corrected chi connectivity index (χ3v) is 4.96. The van der Waals surface area contributed by atoms with Crippen molar-refractivity contribution in [1.29, 1.82) is 0 Å². The molecule has 0 spiro atoms. The minimum absolute atomic E-state index is 0.141. The zero-order valence-corrected chi connectivity index (χ0v) is 13.3. The van der Waals surface area contributed by atoms with Crippen LogP contribution in [0.5, 0.6) is 0 Å². The molecule has 0 aliphatic carbocycles. The zero-order chi connectivity index (χ0) is 15.5. The fourth-order valence-corrected chi connectivity index (χ4v) is 2.64. The summed E-state index contributed by atoms with van der Waals surface area (Å²) < 4.78 is 31.5. The smallest absolute Gasteiger partial charge is 0.399 e. The molecular weight excluding hydrogens is 270 g/mol. The van der Waals surface area contributed by atoms with Crippen molar-refractivity contribution in [2.24, 2.45) is 0 Å². The van der Waals surface area contributed by atoms with E-state index in [0.717, 1.165) is 11.0 Å². The molecule has 3 nitrogen and oxygen atoms in total. The molecule has 1 aromatic carbocycles. The Bertz CT molecular complexity index is 551. The van der Waals surface area contributed by atoms with E-state index in [4.69, 9.17) is 14.0 Å². The van der Waals surface area contributed by atoms with Crippen molar-refractivity contribution >= 4 is 12.6 Å². The molecule has 5 heteroatoms. The number of ether oxygens (including phenoxy) is 1. The highest BCUT2D eigenvalue weighted by Crippen LogP contribution is 2.37. The molecule has 3 rings (SSSR count). The molecule has 0 aromatic heterocycles. The van der Waals surface area contributed by atoms with Gasteiger partial charge in [0.25, 0.3) is 0 Å². The SMILES string of the molecule is Cc1cc(C2(F)COC2)ccc1B1OC(C)(C)C(C)(C)O1. The van der Waals surface area contributed by atoms with Crippen LogP contribution < -0.4 is 5.46 Å². The van der Waals surface area contributed by atoms with Crippen LogP contribution in [0.2, 0.25) is 0 Å².